The normalized spacial score (nSPS) is 37.8. The topological polar surface area (TPSA) is 68.5 Å². The molecule has 1 rings (SSSR count). The molecule has 1 unspecified atom stereocenters. The number of hydrogen-bond donors (Lipinski definition) is 0. The van der Waals surface area contributed by atoms with E-state index in [1.165, 1.54) is 0 Å². The summed E-state index contributed by atoms with van der Waals surface area (Å²) in [6, 6.07) is 1.89. The van der Waals surface area contributed by atoms with Gasteiger partial charge in [0, 0.05) is 6.42 Å². The van der Waals surface area contributed by atoms with Crippen molar-refractivity contribution in [1.82, 2.24) is 0 Å². The third-order valence-corrected chi connectivity index (χ3v) is 3.48. The minimum atomic E-state index is -3.41. The third kappa shape index (κ3) is 3.39. The fourth-order valence-corrected chi connectivity index (χ4v) is 2.82. The van der Waals surface area contributed by atoms with Gasteiger partial charge in [0.2, 0.25) is 0 Å². The highest BCUT2D eigenvalue weighted by atomic mass is 31.2. The summed E-state index contributed by atoms with van der Waals surface area (Å²) < 4.78 is 26.9. The van der Waals surface area contributed by atoms with Crippen LogP contribution in [0.15, 0.2) is 0 Å². The lowest BCUT2D eigenvalue weighted by Gasteiger charge is -2.30. The molecule has 1 aliphatic heterocycles. The molecule has 0 aliphatic carbocycles. The van der Waals surface area contributed by atoms with Gasteiger partial charge in [0.25, 0.3) is 0 Å². The molecule has 1 aliphatic rings. The molecule has 0 radical (unpaired) electrons. The predicted molar refractivity (Wildman–Crippen MR) is 49.5 cm³/mol. The maximum atomic E-state index is 11.8. The van der Waals surface area contributed by atoms with E-state index in [0.29, 0.717) is 6.42 Å². The maximum absolute atomic E-state index is 11.8. The molecular formula is C8H14NO4P. The van der Waals surface area contributed by atoms with Crippen LogP contribution in [0.5, 0.6) is 0 Å². The van der Waals surface area contributed by atoms with Crippen molar-refractivity contribution in [1.29, 1.82) is 5.26 Å². The van der Waals surface area contributed by atoms with Crippen molar-refractivity contribution in [2.75, 3.05) is 6.61 Å². The second kappa shape index (κ2) is 4.90. The zero-order valence-electron chi connectivity index (χ0n) is 8.30. The largest absolute Gasteiger partial charge is 0.475 e. The van der Waals surface area contributed by atoms with Gasteiger partial charge in [0.05, 0.1) is 31.3 Å². The molecule has 6 heteroatoms. The van der Waals surface area contributed by atoms with E-state index in [4.69, 9.17) is 18.8 Å². The van der Waals surface area contributed by atoms with Crippen LogP contribution in [0.1, 0.15) is 26.7 Å². The summed E-state index contributed by atoms with van der Waals surface area (Å²) in [7, 11) is -3.41. The monoisotopic (exact) mass is 219 g/mol. The number of hydrogen-bond acceptors (Lipinski definition) is 5. The summed E-state index contributed by atoms with van der Waals surface area (Å²) in [5.41, 5.74) is 0. The van der Waals surface area contributed by atoms with Crippen molar-refractivity contribution in [3.05, 3.63) is 0 Å². The minimum Gasteiger partial charge on any atom is -0.286 e. The first-order valence-electron chi connectivity index (χ1n) is 4.54. The van der Waals surface area contributed by atoms with E-state index in [9.17, 15) is 4.57 Å². The lowest BCUT2D eigenvalue weighted by atomic mass is 10.2. The van der Waals surface area contributed by atoms with Crippen molar-refractivity contribution in [2.45, 2.75) is 38.9 Å². The van der Waals surface area contributed by atoms with Crippen molar-refractivity contribution >= 4 is 7.82 Å². The molecule has 1 fully saturated rings. The Morgan fingerprint density at radius 1 is 1.50 bits per heavy atom. The molecule has 0 aromatic rings. The molecule has 0 N–H and O–H groups in total. The van der Waals surface area contributed by atoms with Crippen LogP contribution in [0, 0.1) is 11.3 Å². The highest BCUT2D eigenvalue weighted by Gasteiger charge is 2.36. The molecule has 0 spiro atoms. The van der Waals surface area contributed by atoms with E-state index < -0.39 is 7.82 Å². The number of nitrogens with zero attached hydrogens (tertiary/aromatic N) is 1. The molecule has 0 saturated carbocycles. The summed E-state index contributed by atoms with van der Waals surface area (Å²) in [5.74, 6) is 0. The Morgan fingerprint density at radius 2 is 2.07 bits per heavy atom. The average molecular weight is 219 g/mol. The molecule has 1 saturated heterocycles. The molecule has 0 bridgehead atoms. The highest BCUT2D eigenvalue weighted by molar-refractivity contribution is 7.48. The summed E-state index contributed by atoms with van der Waals surface area (Å²) in [5, 5.41) is 8.28. The van der Waals surface area contributed by atoms with Crippen molar-refractivity contribution in [2.24, 2.45) is 0 Å². The Kier molecular flexibility index (Phi) is 4.09. The second-order valence-corrected chi connectivity index (χ2v) is 4.83. The van der Waals surface area contributed by atoms with E-state index >= 15 is 0 Å². The SMILES string of the molecule is C[C@@H]1C[C@H](C)OP(=O)(OCCC#N)O1. The molecule has 0 aromatic carbocycles. The maximum Gasteiger partial charge on any atom is 0.475 e. The standard InChI is InChI=1S/C8H14NO4P/c1-7-6-8(2)13-14(10,12-7)11-5-3-4-9/h7-8H,3,5-6H2,1-2H3/t7-,8+,14?. The Morgan fingerprint density at radius 3 is 2.57 bits per heavy atom. The second-order valence-electron chi connectivity index (χ2n) is 3.26. The smallest absolute Gasteiger partial charge is 0.286 e. The van der Waals surface area contributed by atoms with E-state index in [-0.39, 0.29) is 25.2 Å². The van der Waals surface area contributed by atoms with Gasteiger partial charge in [0.1, 0.15) is 0 Å². The van der Waals surface area contributed by atoms with Gasteiger partial charge in [-0.2, -0.15) is 5.26 Å². The Balaban J connectivity index is 2.47. The van der Waals surface area contributed by atoms with Gasteiger partial charge in [0.15, 0.2) is 0 Å². The molecule has 3 atom stereocenters. The fourth-order valence-electron chi connectivity index (χ4n) is 1.28. The van der Waals surface area contributed by atoms with Crippen LogP contribution in [-0.4, -0.2) is 18.8 Å². The lowest BCUT2D eigenvalue weighted by Crippen LogP contribution is -2.24. The quantitative estimate of drug-likeness (QED) is 0.537. The van der Waals surface area contributed by atoms with Gasteiger partial charge in [-0.05, 0) is 13.8 Å². The molecule has 80 valence electrons. The van der Waals surface area contributed by atoms with E-state index in [0.717, 1.165) is 0 Å². The van der Waals surface area contributed by atoms with E-state index in [1.807, 2.05) is 19.9 Å². The van der Waals surface area contributed by atoms with Crippen LogP contribution >= 0.6 is 7.82 Å². The van der Waals surface area contributed by atoms with Crippen LogP contribution in [-0.2, 0) is 18.1 Å². The highest BCUT2D eigenvalue weighted by Crippen LogP contribution is 2.55. The fraction of sp³-hybridized carbons (Fsp3) is 0.875. The predicted octanol–water partition coefficient (Wildman–Crippen LogP) is 2.24. The van der Waals surface area contributed by atoms with Crippen LogP contribution < -0.4 is 0 Å². The molecular weight excluding hydrogens is 205 g/mol. The van der Waals surface area contributed by atoms with Crippen LogP contribution in [0.4, 0.5) is 0 Å². The number of phosphoric acid groups is 1. The molecule has 0 amide bonds. The first-order valence-corrected chi connectivity index (χ1v) is 6.00. The first kappa shape index (κ1) is 11.7. The molecule has 14 heavy (non-hydrogen) atoms. The van der Waals surface area contributed by atoms with Crippen molar-refractivity contribution in [3.8, 4) is 6.07 Å². The van der Waals surface area contributed by atoms with Crippen LogP contribution in [0.25, 0.3) is 0 Å². The Labute approximate surface area is 83.6 Å². The summed E-state index contributed by atoms with van der Waals surface area (Å²) in [6.45, 7) is 3.71. The average Bonchev–Trinajstić information content (AvgIpc) is 2.01. The molecule has 5 nitrogen and oxygen atoms in total. The summed E-state index contributed by atoms with van der Waals surface area (Å²) in [6.07, 6.45) is 0.615. The van der Waals surface area contributed by atoms with Gasteiger partial charge in [-0.3, -0.25) is 13.6 Å². The van der Waals surface area contributed by atoms with Gasteiger partial charge >= 0.3 is 7.82 Å². The van der Waals surface area contributed by atoms with Gasteiger partial charge < -0.3 is 0 Å². The zero-order chi connectivity index (χ0) is 10.6. The Bertz CT molecular complexity index is 261. The van der Waals surface area contributed by atoms with Crippen LogP contribution in [0.3, 0.4) is 0 Å². The minimum absolute atomic E-state index is 0.0766. The molecule has 0 aromatic heterocycles. The Hall–Kier alpha value is -0.400. The first-order chi connectivity index (χ1) is 6.56. The van der Waals surface area contributed by atoms with Crippen molar-refractivity contribution in [3.63, 3.8) is 0 Å². The summed E-state index contributed by atoms with van der Waals surface area (Å²) in [4.78, 5) is 0. The van der Waals surface area contributed by atoms with Crippen LogP contribution in [0.2, 0.25) is 0 Å². The number of phosphoric ester groups is 1. The van der Waals surface area contributed by atoms with E-state index in [2.05, 4.69) is 0 Å². The lowest BCUT2D eigenvalue weighted by molar-refractivity contribution is 0.00343. The molecule has 1 heterocycles. The van der Waals surface area contributed by atoms with Gasteiger partial charge in [-0.15, -0.1) is 0 Å². The number of nitriles is 1. The zero-order valence-corrected chi connectivity index (χ0v) is 9.20. The third-order valence-electron chi connectivity index (χ3n) is 1.75. The van der Waals surface area contributed by atoms with Crippen molar-refractivity contribution < 1.29 is 18.1 Å². The number of rotatable bonds is 3. The van der Waals surface area contributed by atoms with Gasteiger partial charge in [-0.25, -0.2) is 4.57 Å². The van der Waals surface area contributed by atoms with E-state index in [1.54, 1.807) is 0 Å². The summed E-state index contributed by atoms with van der Waals surface area (Å²) >= 11 is 0. The van der Waals surface area contributed by atoms with Gasteiger partial charge in [-0.1, -0.05) is 0 Å².